The van der Waals surface area contributed by atoms with E-state index in [0.717, 1.165) is 23.1 Å². The third kappa shape index (κ3) is 6.55. The van der Waals surface area contributed by atoms with Crippen molar-refractivity contribution in [3.8, 4) is 11.5 Å². The first-order chi connectivity index (χ1) is 21.3. The van der Waals surface area contributed by atoms with E-state index in [0.29, 0.717) is 51.0 Å². The fraction of sp³-hybridized carbons (Fsp3) is 0.306. The zero-order valence-electron chi connectivity index (χ0n) is 25.8. The van der Waals surface area contributed by atoms with Crippen molar-refractivity contribution in [2.45, 2.75) is 59.1 Å². The van der Waals surface area contributed by atoms with Crippen molar-refractivity contribution in [3.63, 3.8) is 0 Å². The van der Waals surface area contributed by atoms with Gasteiger partial charge < -0.3 is 14.2 Å². The van der Waals surface area contributed by atoms with Crippen LogP contribution in [0.25, 0.3) is 6.08 Å². The summed E-state index contributed by atoms with van der Waals surface area (Å²) in [6.07, 6.45) is 3.23. The number of rotatable bonds is 11. The molecule has 0 N–H and O–H groups in total. The second-order valence-electron chi connectivity index (χ2n) is 10.9. The lowest BCUT2D eigenvalue weighted by atomic mass is 9.92. The van der Waals surface area contributed by atoms with Gasteiger partial charge in [-0.2, -0.15) is 0 Å². The number of allylic oxidation sites excluding steroid dienone is 1. The highest BCUT2D eigenvalue weighted by Gasteiger charge is 2.34. The molecule has 228 valence electrons. The molecule has 1 atom stereocenters. The molecule has 0 fully saturated rings. The van der Waals surface area contributed by atoms with Gasteiger partial charge in [0.1, 0.15) is 6.61 Å². The molecule has 0 spiro atoms. The van der Waals surface area contributed by atoms with Crippen molar-refractivity contribution < 1.29 is 19.0 Å². The van der Waals surface area contributed by atoms with E-state index in [1.807, 2.05) is 73.7 Å². The van der Waals surface area contributed by atoms with Crippen LogP contribution < -0.4 is 24.4 Å². The van der Waals surface area contributed by atoms with Gasteiger partial charge in [-0.3, -0.25) is 9.36 Å². The molecule has 8 heteroatoms. The van der Waals surface area contributed by atoms with Crippen LogP contribution in [0.1, 0.15) is 74.8 Å². The van der Waals surface area contributed by atoms with Crippen LogP contribution in [0.2, 0.25) is 0 Å². The third-order valence-electron chi connectivity index (χ3n) is 7.53. The number of ether oxygens (including phenoxy) is 3. The van der Waals surface area contributed by atoms with E-state index in [2.05, 4.69) is 26.0 Å². The maximum atomic E-state index is 14.1. The van der Waals surface area contributed by atoms with E-state index < -0.39 is 12.0 Å². The second kappa shape index (κ2) is 13.9. The predicted octanol–water partition coefficient (Wildman–Crippen LogP) is 6.29. The van der Waals surface area contributed by atoms with Gasteiger partial charge >= 0.3 is 5.97 Å². The summed E-state index contributed by atoms with van der Waals surface area (Å²) in [4.78, 5) is 32.9. The molecule has 5 rings (SSSR count). The van der Waals surface area contributed by atoms with Gasteiger partial charge in [0.15, 0.2) is 16.3 Å². The second-order valence-corrected chi connectivity index (χ2v) is 11.9. The van der Waals surface area contributed by atoms with E-state index in [1.54, 1.807) is 18.6 Å². The molecule has 0 unspecified atom stereocenters. The lowest BCUT2D eigenvalue weighted by molar-refractivity contribution is -0.139. The van der Waals surface area contributed by atoms with E-state index in [1.165, 1.54) is 16.9 Å². The Balaban J connectivity index is 1.59. The van der Waals surface area contributed by atoms with Crippen molar-refractivity contribution in [1.82, 2.24) is 4.57 Å². The minimum atomic E-state index is -0.640. The number of fused-ring (bicyclic) bond motifs is 1. The Morgan fingerprint density at radius 2 is 1.77 bits per heavy atom. The highest BCUT2D eigenvalue weighted by atomic mass is 32.1. The van der Waals surface area contributed by atoms with Gasteiger partial charge in [0, 0.05) is 0 Å². The largest absolute Gasteiger partial charge is 0.493 e. The first-order valence-electron chi connectivity index (χ1n) is 15.0. The summed E-state index contributed by atoms with van der Waals surface area (Å²) >= 11 is 1.32. The van der Waals surface area contributed by atoms with Crippen LogP contribution in [-0.2, 0) is 16.1 Å². The summed E-state index contributed by atoms with van der Waals surface area (Å²) in [7, 11) is 1.60. The lowest BCUT2D eigenvalue weighted by Gasteiger charge is -2.26. The smallest absolute Gasteiger partial charge is 0.338 e. The maximum Gasteiger partial charge on any atom is 0.338 e. The average Bonchev–Trinajstić information content (AvgIpc) is 3.34. The summed E-state index contributed by atoms with van der Waals surface area (Å²) in [5.41, 5.74) is 4.74. The summed E-state index contributed by atoms with van der Waals surface area (Å²) in [5.74, 6) is 1.10. The van der Waals surface area contributed by atoms with Crippen LogP contribution in [0.15, 0.2) is 93.9 Å². The van der Waals surface area contributed by atoms with Gasteiger partial charge in [-0.15, -0.1) is 0 Å². The zero-order valence-corrected chi connectivity index (χ0v) is 26.6. The predicted molar refractivity (Wildman–Crippen MR) is 174 cm³/mol. The molecule has 0 saturated heterocycles. The molecule has 0 saturated carbocycles. The monoisotopic (exact) mass is 610 g/mol. The first kappa shape index (κ1) is 31.0. The molecule has 44 heavy (non-hydrogen) atoms. The standard InChI is InChI=1S/C36H38N2O5S/c1-6-11-28-32(35(40)42-7-2)33(27-17-15-26(16-18-27)23(3)4)38-34(39)31(44-36(38)37-28)21-25-14-19-29(30(20-25)41-5)43-22-24-12-9-8-10-13-24/h8-10,12-21,23,33H,6-7,11,22H2,1-5H3/b31-21-/t33-/m1/s1. The fourth-order valence-electron chi connectivity index (χ4n) is 5.28. The van der Waals surface area contributed by atoms with Gasteiger partial charge in [-0.05, 0) is 59.7 Å². The number of benzene rings is 3. The summed E-state index contributed by atoms with van der Waals surface area (Å²) in [5, 5.41) is 0. The summed E-state index contributed by atoms with van der Waals surface area (Å²) in [6, 6.07) is 23.0. The molecule has 0 radical (unpaired) electrons. The molecule has 1 aromatic heterocycles. The average molecular weight is 611 g/mol. The maximum absolute atomic E-state index is 14.1. The van der Waals surface area contributed by atoms with Crippen molar-refractivity contribution in [2.75, 3.05) is 13.7 Å². The molecule has 7 nitrogen and oxygen atoms in total. The Bertz CT molecular complexity index is 1840. The van der Waals surface area contributed by atoms with Gasteiger partial charge in [0.05, 0.1) is 35.6 Å². The first-order valence-corrected chi connectivity index (χ1v) is 15.8. The minimum absolute atomic E-state index is 0.215. The number of hydrogen-bond acceptors (Lipinski definition) is 7. The van der Waals surface area contributed by atoms with Crippen LogP contribution in [0.3, 0.4) is 0 Å². The summed E-state index contributed by atoms with van der Waals surface area (Å²) < 4.78 is 19.3. The molecule has 2 heterocycles. The number of methoxy groups -OCH3 is 1. The number of esters is 1. The molecule has 4 aromatic rings. The molecular weight excluding hydrogens is 572 g/mol. The fourth-order valence-corrected chi connectivity index (χ4v) is 6.30. The van der Waals surface area contributed by atoms with Crippen LogP contribution in [0.4, 0.5) is 0 Å². The van der Waals surface area contributed by atoms with Crippen molar-refractivity contribution >= 4 is 23.4 Å². The number of thiazole rings is 1. The number of nitrogens with zero attached hydrogens (tertiary/aromatic N) is 2. The topological polar surface area (TPSA) is 79.1 Å². The molecule has 1 aliphatic rings. The molecule has 0 bridgehead atoms. The highest BCUT2D eigenvalue weighted by molar-refractivity contribution is 7.07. The third-order valence-corrected chi connectivity index (χ3v) is 8.52. The zero-order chi connectivity index (χ0) is 31.2. The Morgan fingerprint density at radius 1 is 1.02 bits per heavy atom. The Kier molecular flexibility index (Phi) is 9.80. The van der Waals surface area contributed by atoms with Crippen molar-refractivity contribution in [3.05, 3.63) is 126 Å². The van der Waals surface area contributed by atoms with Crippen molar-refractivity contribution in [1.29, 1.82) is 0 Å². The molecular formula is C36H38N2O5S. The molecule has 1 aliphatic heterocycles. The van der Waals surface area contributed by atoms with E-state index >= 15 is 0 Å². The molecule has 0 aliphatic carbocycles. The van der Waals surface area contributed by atoms with Gasteiger partial charge in [-0.25, -0.2) is 9.79 Å². The van der Waals surface area contributed by atoms with Crippen LogP contribution in [-0.4, -0.2) is 24.3 Å². The number of carbonyl (C=O) groups excluding carboxylic acids is 1. The normalized spacial score (nSPS) is 14.8. The SMILES string of the molecule is CCCC1=C(C(=O)OCC)[C@@H](c2ccc(C(C)C)cc2)n2c(s/c(=C\c3ccc(OCc4ccccc4)c(OC)c3)c2=O)=N1. The Morgan fingerprint density at radius 3 is 2.43 bits per heavy atom. The highest BCUT2D eigenvalue weighted by Crippen LogP contribution is 2.33. The lowest BCUT2D eigenvalue weighted by Crippen LogP contribution is -2.40. The molecule has 0 amide bonds. The van der Waals surface area contributed by atoms with Crippen LogP contribution >= 0.6 is 11.3 Å². The Hall–Kier alpha value is -4.43. The number of carbonyl (C=O) groups is 1. The number of hydrogen-bond donors (Lipinski definition) is 0. The minimum Gasteiger partial charge on any atom is -0.493 e. The van der Waals surface area contributed by atoms with Crippen LogP contribution in [0.5, 0.6) is 11.5 Å². The van der Waals surface area contributed by atoms with Crippen LogP contribution in [0, 0.1) is 0 Å². The van der Waals surface area contributed by atoms with Gasteiger partial charge in [0.2, 0.25) is 0 Å². The molecule has 3 aromatic carbocycles. The van der Waals surface area contributed by atoms with E-state index in [9.17, 15) is 9.59 Å². The van der Waals surface area contributed by atoms with E-state index in [-0.39, 0.29) is 12.2 Å². The van der Waals surface area contributed by atoms with Gasteiger partial charge in [-0.1, -0.05) is 99.2 Å². The number of aromatic nitrogens is 1. The quantitative estimate of drug-likeness (QED) is 0.187. The summed E-state index contributed by atoms with van der Waals surface area (Å²) in [6.45, 7) is 8.75. The van der Waals surface area contributed by atoms with Crippen molar-refractivity contribution in [2.24, 2.45) is 4.99 Å². The Labute approximate surface area is 261 Å². The van der Waals surface area contributed by atoms with Gasteiger partial charge in [0.25, 0.3) is 5.56 Å². The van der Waals surface area contributed by atoms with E-state index in [4.69, 9.17) is 19.2 Å².